The number of fused-ring (bicyclic) bond motifs is 1. The van der Waals surface area contributed by atoms with Crippen molar-refractivity contribution in [3.8, 4) is 11.5 Å². The number of carbonyl (C=O) groups is 1. The van der Waals surface area contributed by atoms with Crippen molar-refractivity contribution in [2.24, 2.45) is 0 Å². The monoisotopic (exact) mass is 539 g/mol. The average Bonchev–Trinajstić information content (AvgIpc) is 3.34. The molecule has 1 aliphatic heterocycles. The minimum absolute atomic E-state index is 0.0774. The second kappa shape index (κ2) is 12.5. The zero-order valence-corrected chi connectivity index (χ0v) is 21.6. The number of halogens is 1. The van der Waals surface area contributed by atoms with Crippen molar-refractivity contribution in [2.45, 2.75) is 25.7 Å². The zero-order chi connectivity index (χ0) is 26.2. The van der Waals surface area contributed by atoms with Crippen molar-refractivity contribution in [1.82, 2.24) is 5.32 Å². The first-order valence-corrected chi connectivity index (χ1v) is 12.7. The number of amides is 1. The predicted octanol–water partition coefficient (Wildman–Crippen LogP) is 5.95. The maximum atomic E-state index is 12.6. The number of hydrogen-bond acceptors (Lipinski definition) is 6. The number of benzene rings is 3. The molecule has 3 aromatic rings. The third-order valence-electron chi connectivity index (χ3n) is 5.92. The molecule has 4 rings (SSSR count). The summed E-state index contributed by atoms with van der Waals surface area (Å²) in [6, 6.07) is 18.5. The number of nitro groups is 1. The van der Waals surface area contributed by atoms with Crippen molar-refractivity contribution in [1.29, 1.82) is 0 Å². The summed E-state index contributed by atoms with van der Waals surface area (Å²) in [5.41, 5.74) is 2.18. The summed E-state index contributed by atoms with van der Waals surface area (Å²) in [5, 5.41) is 14.5. The number of anilines is 1. The SMILES string of the molecule is O=C(NC(=S)N1CCc2c(OCCCCCOc3ccc(Cl)cc3)cccc21)c1ccc([N+](=O)[O-])cc1. The molecule has 3 aromatic carbocycles. The molecule has 0 bridgehead atoms. The van der Waals surface area contributed by atoms with Crippen molar-refractivity contribution in [3.05, 3.63) is 93.0 Å². The number of nitrogens with zero attached hydrogens (tertiary/aromatic N) is 2. The number of carbonyl (C=O) groups excluding carboxylic acids is 1. The molecule has 0 atom stereocenters. The second-order valence-corrected chi connectivity index (χ2v) is 9.25. The first kappa shape index (κ1) is 26.4. The lowest BCUT2D eigenvalue weighted by molar-refractivity contribution is -0.384. The lowest BCUT2D eigenvalue weighted by atomic mass is 10.1. The average molecular weight is 540 g/mol. The number of nitrogens with one attached hydrogen (secondary N) is 1. The van der Waals surface area contributed by atoms with E-state index >= 15 is 0 Å². The van der Waals surface area contributed by atoms with Crippen LogP contribution in [0.15, 0.2) is 66.7 Å². The Morgan fingerprint density at radius 1 is 1.00 bits per heavy atom. The van der Waals surface area contributed by atoms with E-state index in [1.165, 1.54) is 24.3 Å². The van der Waals surface area contributed by atoms with Gasteiger partial charge in [-0.05, 0) is 86.4 Å². The molecule has 1 heterocycles. The van der Waals surface area contributed by atoms with Crippen LogP contribution in [0.2, 0.25) is 5.02 Å². The van der Waals surface area contributed by atoms with Crippen molar-refractivity contribution in [3.63, 3.8) is 0 Å². The first-order valence-electron chi connectivity index (χ1n) is 11.9. The molecular weight excluding hydrogens is 514 g/mol. The molecule has 0 saturated carbocycles. The minimum Gasteiger partial charge on any atom is -0.494 e. The van der Waals surface area contributed by atoms with Gasteiger partial charge in [-0.25, -0.2) is 0 Å². The molecule has 0 saturated heterocycles. The topological polar surface area (TPSA) is 93.9 Å². The number of unbranched alkanes of at least 4 members (excludes halogenated alkanes) is 2. The molecule has 0 aliphatic carbocycles. The van der Waals surface area contributed by atoms with Crippen LogP contribution in [0.4, 0.5) is 11.4 Å². The lowest BCUT2D eigenvalue weighted by Gasteiger charge is -2.21. The van der Waals surface area contributed by atoms with Crippen LogP contribution in [0.5, 0.6) is 11.5 Å². The van der Waals surface area contributed by atoms with Crippen LogP contribution in [-0.2, 0) is 6.42 Å². The van der Waals surface area contributed by atoms with E-state index in [4.69, 9.17) is 33.3 Å². The summed E-state index contributed by atoms with van der Waals surface area (Å²) in [4.78, 5) is 24.8. The van der Waals surface area contributed by atoms with E-state index < -0.39 is 10.8 Å². The highest BCUT2D eigenvalue weighted by molar-refractivity contribution is 7.80. The van der Waals surface area contributed by atoms with E-state index in [-0.39, 0.29) is 10.8 Å². The van der Waals surface area contributed by atoms with E-state index in [1.807, 2.05) is 47.4 Å². The standard InChI is InChI=1S/C27H26ClN3O5S/c28-20-9-13-22(14-10-20)35-17-2-1-3-18-36-25-6-4-5-24-23(25)15-16-30(24)27(37)29-26(32)19-7-11-21(12-8-19)31(33)34/h4-14H,1-3,15-18H2,(H,29,32,37). The quantitative estimate of drug-likeness (QED) is 0.147. The Kier molecular flexibility index (Phi) is 8.92. The van der Waals surface area contributed by atoms with Gasteiger partial charge in [0, 0.05) is 34.8 Å². The summed E-state index contributed by atoms with van der Waals surface area (Å²) in [7, 11) is 0. The predicted molar refractivity (Wildman–Crippen MR) is 147 cm³/mol. The molecular formula is C27H26ClN3O5S. The van der Waals surface area contributed by atoms with E-state index in [9.17, 15) is 14.9 Å². The third-order valence-corrected chi connectivity index (χ3v) is 6.49. The Balaban J connectivity index is 1.24. The van der Waals surface area contributed by atoms with Crippen molar-refractivity contribution >= 4 is 46.2 Å². The van der Waals surface area contributed by atoms with Crippen LogP contribution >= 0.6 is 23.8 Å². The Morgan fingerprint density at radius 2 is 1.70 bits per heavy atom. The molecule has 1 N–H and O–H groups in total. The van der Waals surface area contributed by atoms with Crippen LogP contribution in [-0.4, -0.2) is 35.7 Å². The molecule has 0 aromatic heterocycles. The fourth-order valence-corrected chi connectivity index (χ4v) is 4.41. The van der Waals surface area contributed by atoms with Gasteiger partial charge >= 0.3 is 0 Å². The molecule has 1 aliphatic rings. The fourth-order valence-electron chi connectivity index (χ4n) is 4.00. The Bertz CT molecular complexity index is 1270. The van der Waals surface area contributed by atoms with Gasteiger partial charge in [0.2, 0.25) is 0 Å². The Labute approximate surface area is 225 Å². The maximum absolute atomic E-state index is 12.6. The Hall–Kier alpha value is -3.69. The molecule has 0 unspecified atom stereocenters. The molecule has 37 heavy (non-hydrogen) atoms. The van der Waals surface area contributed by atoms with Crippen LogP contribution in [0.1, 0.15) is 35.2 Å². The van der Waals surface area contributed by atoms with Gasteiger partial charge in [0.15, 0.2) is 5.11 Å². The second-order valence-electron chi connectivity index (χ2n) is 8.43. The highest BCUT2D eigenvalue weighted by Gasteiger charge is 2.26. The molecule has 192 valence electrons. The molecule has 0 fully saturated rings. The van der Waals surface area contributed by atoms with Crippen LogP contribution in [0.25, 0.3) is 0 Å². The number of non-ortho nitro benzene ring substituents is 1. The molecule has 10 heteroatoms. The van der Waals surface area contributed by atoms with Gasteiger partial charge in [0.1, 0.15) is 11.5 Å². The van der Waals surface area contributed by atoms with Crippen LogP contribution in [0.3, 0.4) is 0 Å². The number of hydrogen-bond donors (Lipinski definition) is 1. The largest absolute Gasteiger partial charge is 0.494 e. The van der Waals surface area contributed by atoms with E-state index in [2.05, 4.69) is 5.32 Å². The lowest BCUT2D eigenvalue weighted by Crippen LogP contribution is -2.41. The van der Waals surface area contributed by atoms with E-state index in [1.54, 1.807) is 0 Å². The summed E-state index contributed by atoms with van der Waals surface area (Å²) in [6.45, 7) is 1.86. The van der Waals surface area contributed by atoms with Crippen LogP contribution < -0.4 is 19.7 Å². The van der Waals surface area contributed by atoms with Gasteiger partial charge in [-0.1, -0.05) is 17.7 Å². The van der Waals surface area contributed by atoms with E-state index in [0.717, 1.165) is 48.4 Å². The molecule has 8 nitrogen and oxygen atoms in total. The number of thiocarbonyl (C=S) groups is 1. The van der Waals surface area contributed by atoms with Gasteiger partial charge in [-0.3, -0.25) is 20.2 Å². The van der Waals surface area contributed by atoms with Crippen molar-refractivity contribution in [2.75, 3.05) is 24.7 Å². The maximum Gasteiger partial charge on any atom is 0.269 e. The number of rotatable bonds is 10. The highest BCUT2D eigenvalue weighted by Crippen LogP contribution is 2.35. The smallest absolute Gasteiger partial charge is 0.269 e. The van der Waals surface area contributed by atoms with Gasteiger partial charge in [-0.2, -0.15) is 0 Å². The van der Waals surface area contributed by atoms with Gasteiger partial charge < -0.3 is 14.4 Å². The first-order chi connectivity index (χ1) is 17.9. The highest BCUT2D eigenvalue weighted by atomic mass is 35.5. The Morgan fingerprint density at radius 3 is 2.41 bits per heavy atom. The number of nitro benzene ring substituents is 1. The van der Waals surface area contributed by atoms with E-state index in [0.29, 0.717) is 30.3 Å². The van der Waals surface area contributed by atoms with Crippen molar-refractivity contribution < 1.29 is 19.2 Å². The molecule has 1 amide bonds. The van der Waals surface area contributed by atoms with Gasteiger partial charge in [0.25, 0.3) is 11.6 Å². The summed E-state index contributed by atoms with van der Waals surface area (Å²) < 4.78 is 11.8. The fraction of sp³-hybridized carbons (Fsp3) is 0.259. The van der Waals surface area contributed by atoms with Crippen LogP contribution in [0, 0.1) is 10.1 Å². The summed E-state index contributed by atoms with van der Waals surface area (Å²) in [6.07, 6.45) is 3.55. The normalized spacial score (nSPS) is 12.1. The third kappa shape index (κ3) is 6.96. The number of ether oxygens (including phenoxy) is 2. The molecule has 0 spiro atoms. The van der Waals surface area contributed by atoms with Gasteiger partial charge in [-0.15, -0.1) is 0 Å². The minimum atomic E-state index is -0.509. The van der Waals surface area contributed by atoms with Gasteiger partial charge in [0.05, 0.1) is 23.8 Å². The summed E-state index contributed by atoms with van der Waals surface area (Å²) >= 11 is 11.4. The molecule has 0 radical (unpaired) electrons. The zero-order valence-electron chi connectivity index (χ0n) is 20.0. The summed E-state index contributed by atoms with van der Waals surface area (Å²) in [5.74, 6) is 1.22.